The summed E-state index contributed by atoms with van der Waals surface area (Å²) in [5, 5.41) is 0.678. The number of rotatable bonds is 2. The molecule has 0 unspecified atom stereocenters. The Bertz CT molecular complexity index is 1460. The lowest BCUT2D eigenvalue weighted by Gasteiger charge is -2.08. The number of para-hydroxylation sites is 1. The minimum atomic E-state index is -0.570. The monoisotopic (exact) mass is 369 g/mol. The van der Waals surface area contributed by atoms with E-state index in [9.17, 15) is 9.59 Å². The first-order valence-corrected chi connectivity index (χ1v) is 8.81. The number of nitrogens with zero attached hydrogens (tertiary/aromatic N) is 2. The Kier molecular flexibility index (Phi) is 3.52. The molecule has 3 aromatic heterocycles. The lowest BCUT2D eigenvalue weighted by molar-refractivity contribution is 0.568. The fraction of sp³-hybridized carbons (Fsp3) is 0.0455. The Balaban J connectivity index is 1.93. The summed E-state index contributed by atoms with van der Waals surface area (Å²) in [4.78, 5) is 32.0. The van der Waals surface area contributed by atoms with Crippen LogP contribution in [0.3, 0.4) is 0 Å². The van der Waals surface area contributed by atoms with Crippen LogP contribution in [0.25, 0.3) is 38.8 Å². The second-order valence-electron chi connectivity index (χ2n) is 6.62. The normalized spacial score (nSPS) is 11.3. The third-order valence-electron chi connectivity index (χ3n) is 4.90. The first kappa shape index (κ1) is 16.3. The van der Waals surface area contributed by atoms with Crippen molar-refractivity contribution in [2.45, 2.75) is 6.92 Å². The van der Waals surface area contributed by atoms with Gasteiger partial charge in [0.05, 0.1) is 11.2 Å². The van der Waals surface area contributed by atoms with Gasteiger partial charge in [-0.3, -0.25) is 14.5 Å². The van der Waals surface area contributed by atoms with Crippen LogP contribution in [0.4, 0.5) is 0 Å². The van der Waals surface area contributed by atoms with Crippen molar-refractivity contribution in [3.63, 3.8) is 0 Å². The van der Waals surface area contributed by atoms with Crippen molar-refractivity contribution in [2.75, 3.05) is 0 Å². The molecule has 0 saturated carbocycles. The molecule has 6 heteroatoms. The number of aromatic amines is 1. The molecule has 0 radical (unpaired) electrons. The maximum atomic E-state index is 12.7. The second kappa shape index (κ2) is 6.06. The summed E-state index contributed by atoms with van der Waals surface area (Å²) >= 11 is 0. The average Bonchev–Trinajstić information content (AvgIpc) is 3.07. The van der Waals surface area contributed by atoms with Gasteiger partial charge in [0.15, 0.2) is 5.52 Å². The van der Waals surface area contributed by atoms with Gasteiger partial charge in [-0.15, -0.1) is 0 Å². The number of H-pyrrole nitrogens is 1. The molecule has 0 amide bonds. The summed E-state index contributed by atoms with van der Waals surface area (Å²) < 4.78 is 6.95. The molecule has 3 heterocycles. The number of hydrogen-bond donors (Lipinski definition) is 1. The molecule has 2 aromatic carbocycles. The SMILES string of the molecule is Cc1ccncc1-c1ccc2oc(=O)c3[nH]c(=O)n(-c4ccccc4)c3c2c1. The van der Waals surface area contributed by atoms with E-state index in [0.717, 1.165) is 16.7 Å². The number of fused-ring (bicyclic) bond motifs is 3. The first-order chi connectivity index (χ1) is 13.6. The van der Waals surface area contributed by atoms with E-state index in [1.165, 1.54) is 4.57 Å². The van der Waals surface area contributed by atoms with E-state index in [4.69, 9.17) is 4.42 Å². The number of nitrogens with one attached hydrogen (secondary N) is 1. The van der Waals surface area contributed by atoms with E-state index < -0.39 is 5.63 Å². The predicted molar refractivity (Wildman–Crippen MR) is 108 cm³/mol. The van der Waals surface area contributed by atoms with Crippen LogP contribution in [0.15, 0.2) is 81.0 Å². The van der Waals surface area contributed by atoms with Gasteiger partial charge >= 0.3 is 11.3 Å². The predicted octanol–water partition coefficient (Wildman–Crippen LogP) is 3.80. The summed E-state index contributed by atoms with van der Waals surface area (Å²) in [5.41, 5.74) is 3.79. The molecule has 0 saturated heterocycles. The van der Waals surface area contributed by atoms with E-state index >= 15 is 0 Å². The number of benzene rings is 2. The number of hydrogen-bond acceptors (Lipinski definition) is 4. The zero-order chi connectivity index (χ0) is 19.3. The molecule has 6 nitrogen and oxygen atoms in total. The van der Waals surface area contributed by atoms with Gasteiger partial charge in [-0.25, -0.2) is 9.59 Å². The van der Waals surface area contributed by atoms with E-state index in [2.05, 4.69) is 9.97 Å². The molecular weight excluding hydrogens is 354 g/mol. The molecular formula is C22H15N3O3. The van der Waals surface area contributed by atoms with Crippen LogP contribution in [0.2, 0.25) is 0 Å². The van der Waals surface area contributed by atoms with Crippen molar-refractivity contribution < 1.29 is 4.42 Å². The van der Waals surface area contributed by atoms with Crippen LogP contribution in [-0.2, 0) is 0 Å². The molecule has 5 aromatic rings. The highest BCUT2D eigenvalue weighted by Crippen LogP contribution is 2.29. The van der Waals surface area contributed by atoms with Crippen LogP contribution >= 0.6 is 0 Å². The lowest BCUT2D eigenvalue weighted by Crippen LogP contribution is -2.14. The molecule has 0 aliphatic heterocycles. The van der Waals surface area contributed by atoms with Gasteiger partial charge < -0.3 is 4.42 Å². The summed E-state index contributed by atoms with van der Waals surface area (Å²) in [6, 6.07) is 16.7. The van der Waals surface area contributed by atoms with Crippen LogP contribution in [0.1, 0.15) is 5.56 Å². The van der Waals surface area contributed by atoms with Crippen molar-refractivity contribution in [2.24, 2.45) is 0 Å². The van der Waals surface area contributed by atoms with Crippen molar-refractivity contribution in [1.29, 1.82) is 0 Å². The highest BCUT2D eigenvalue weighted by molar-refractivity contribution is 6.03. The molecule has 0 atom stereocenters. The molecule has 136 valence electrons. The Morgan fingerprint density at radius 1 is 1.04 bits per heavy atom. The third kappa shape index (κ3) is 2.39. The number of imidazole rings is 1. The van der Waals surface area contributed by atoms with Crippen molar-refractivity contribution >= 4 is 22.0 Å². The van der Waals surface area contributed by atoms with Gasteiger partial charge in [-0.1, -0.05) is 24.3 Å². The average molecular weight is 369 g/mol. The highest BCUT2D eigenvalue weighted by Gasteiger charge is 2.17. The molecule has 0 bridgehead atoms. The van der Waals surface area contributed by atoms with E-state index in [1.54, 1.807) is 18.5 Å². The molecule has 0 aliphatic carbocycles. The topological polar surface area (TPSA) is 80.9 Å². The molecule has 1 N–H and O–H groups in total. The Morgan fingerprint density at radius 2 is 1.86 bits per heavy atom. The smallest absolute Gasteiger partial charge is 0.362 e. The Hall–Kier alpha value is -3.93. The molecule has 5 rings (SSSR count). The van der Waals surface area contributed by atoms with Crippen LogP contribution in [0.5, 0.6) is 0 Å². The van der Waals surface area contributed by atoms with Gasteiger partial charge in [0.2, 0.25) is 0 Å². The quantitative estimate of drug-likeness (QED) is 0.480. The van der Waals surface area contributed by atoms with Crippen molar-refractivity contribution in [3.8, 4) is 16.8 Å². The van der Waals surface area contributed by atoms with Gasteiger partial charge in [-0.05, 0) is 48.4 Å². The number of aromatic nitrogens is 3. The minimum absolute atomic E-state index is 0.154. The van der Waals surface area contributed by atoms with Crippen molar-refractivity contribution in [3.05, 3.63) is 93.5 Å². The fourth-order valence-electron chi connectivity index (χ4n) is 3.55. The van der Waals surface area contributed by atoms with Gasteiger partial charge in [-0.2, -0.15) is 0 Å². The summed E-state index contributed by atoms with van der Waals surface area (Å²) in [5.74, 6) is 0. The van der Waals surface area contributed by atoms with Crippen LogP contribution < -0.4 is 11.3 Å². The molecule has 0 spiro atoms. The zero-order valence-electron chi connectivity index (χ0n) is 15.0. The standard InChI is InChI=1S/C22H15N3O3/c1-13-9-10-23-12-17(13)14-7-8-18-16(11-14)20-19(21(26)28-18)24-22(27)25(20)15-5-3-2-4-6-15/h2-12H,1H3,(H,24,27). The fourth-order valence-corrected chi connectivity index (χ4v) is 3.55. The minimum Gasteiger partial charge on any atom is -0.421 e. The molecule has 0 fully saturated rings. The molecule has 0 aliphatic rings. The summed E-state index contributed by atoms with van der Waals surface area (Å²) in [6.45, 7) is 2.01. The van der Waals surface area contributed by atoms with Gasteiger partial charge in [0.25, 0.3) is 0 Å². The summed E-state index contributed by atoms with van der Waals surface area (Å²) in [6.07, 6.45) is 3.55. The number of aryl methyl sites for hydroxylation is 1. The summed E-state index contributed by atoms with van der Waals surface area (Å²) in [7, 11) is 0. The maximum absolute atomic E-state index is 12.7. The highest BCUT2D eigenvalue weighted by atomic mass is 16.4. The zero-order valence-corrected chi connectivity index (χ0v) is 15.0. The third-order valence-corrected chi connectivity index (χ3v) is 4.90. The van der Waals surface area contributed by atoms with Crippen LogP contribution in [0, 0.1) is 6.92 Å². The lowest BCUT2D eigenvalue weighted by atomic mass is 10.0. The largest absolute Gasteiger partial charge is 0.421 e. The van der Waals surface area contributed by atoms with Gasteiger partial charge in [0.1, 0.15) is 5.58 Å². The Labute approximate surface area is 158 Å². The van der Waals surface area contributed by atoms with Crippen LogP contribution in [-0.4, -0.2) is 14.5 Å². The van der Waals surface area contributed by atoms with E-state index in [0.29, 0.717) is 22.2 Å². The van der Waals surface area contributed by atoms with E-state index in [1.807, 2.05) is 55.5 Å². The van der Waals surface area contributed by atoms with Crippen molar-refractivity contribution in [1.82, 2.24) is 14.5 Å². The number of pyridine rings is 1. The second-order valence-corrected chi connectivity index (χ2v) is 6.62. The van der Waals surface area contributed by atoms with E-state index in [-0.39, 0.29) is 11.2 Å². The first-order valence-electron chi connectivity index (χ1n) is 8.81. The Morgan fingerprint density at radius 3 is 2.64 bits per heavy atom. The maximum Gasteiger partial charge on any atom is 0.362 e. The molecule has 28 heavy (non-hydrogen) atoms. The van der Waals surface area contributed by atoms with Gasteiger partial charge in [0, 0.05) is 23.3 Å².